The Labute approximate surface area is 210 Å². The molecule has 10 nitrogen and oxygen atoms in total. The van der Waals surface area contributed by atoms with Gasteiger partial charge in [-0.3, -0.25) is 10.1 Å². The molecule has 11 heteroatoms. The molecule has 2 aromatic carbocycles. The quantitative estimate of drug-likeness (QED) is 0.303. The van der Waals surface area contributed by atoms with E-state index in [9.17, 15) is 14.4 Å². The van der Waals surface area contributed by atoms with Crippen LogP contribution in [0.4, 0.5) is 15.6 Å². The van der Waals surface area contributed by atoms with Crippen molar-refractivity contribution in [3.05, 3.63) is 87.9 Å². The Kier molecular flexibility index (Phi) is 7.11. The first-order chi connectivity index (χ1) is 17.2. The van der Waals surface area contributed by atoms with Gasteiger partial charge in [0.05, 0.1) is 18.4 Å². The monoisotopic (exact) mass is 505 g/mol. The number of ether oxygens (including phenoxy) is 1. The fourth-order valence-corrected chi connectivity index (χ4v) is 4.36. The molecule has 2 aromatic heterocycles. The lowest BCUT2D eigenvalue weighted by Crippen LogP contribution is -2.21. The van der Waals surface area contributed by atoms with E-state index in [0.717, 1.165) is 10.4 Å². The van der Waals surface area contributed by atoms with Crippen molar-refractivity contribution in [2.24, 2.45) is 7.05 Å². The van der Waals surface area contributed by atoms with Crippen LogP contribution in [-0.4, -0.2) is 44.5 Å². The molecule has 0 saturated heterocycles. The number of amides is 2. The second kappa shape index (κ2) is 10.4. The minimum absolute atomic E-state index is 0.0358. The van der Waals surface area contributed by atoms with E-state index in [-0.39, 0.29) is 11.5 Å². The van der Waals surface area contributed by atoms with Gasteiger partial charge in [0.25, 0.3) is 0 Å². The predicted octanol–water partition coefficient (Wildman–Crippen LogP) is 4.36. The van der Waals surface area contributed by atoms with Crippen LogP contribution in [0.25, 0.3) is 0 Å². The minimum Gasteiger partial charge on any atom is -0.496 e. The third-order valence-corrected chi connectivity index (χ3v) is 6.23. The average Bonchev–Trinajstić information content (AvgIpc) is 3.45. The number of carbonyl (C=O) groups excluding carboxylic acids is 2. The highest BCUT2D eigenvalue weighted by Gasteiger charge is 2.19. The Balaban J connectivity index is 1.48. The van der Waals surface area contributed by atoms with Crippen LogP contribution in [0.1, 0.15) is 42.7 Å². The molecule has 0 unspecified atom stereocenters. The van der Waals surface area contributed by atoms with Gasteiger partial charge < -0.3 is 19.7 Å². The van der Waals surface area contributed by atoms with Crippen LogP contribution in [-0.2, 0) is 13.5 Å². The van der Waals surface area contributed by atoms with Crippen molar-refractivity contribution >= 4 is 39.9 Å². The van der Waals surface area contributed by atoms with Gasteiger partial charge in [-0.1, -0.05) is 23.8 Å². The van der Waals surface area contributed by atoms with Crippen molar-refractivity contribution < 1.29 is 24.2 Å². The smallest absolute Gasteiger partial charge is 0.356 e. The summed E-state index contributed by atoms with van der Waals surface area (Å²) in [5, 5.41) is 14.9. The number of aromatic nitrogens is 3. The molecule has 4 rings (SSSR count). The summed E-state index contributed by atoms with van der Waals surface area (Å²) >= 11 is 1.24. The molecule has 0 aliphatic carbocycles. The normalized spacial score (nSPS) is 10.6. The highest BCUT2D eigenvalue weighted by molar-refractivity contribution is 7.15. The molecule has 36 heavy (non-hydrogen) atoms. The maximum Gasteiger partial charge on any atom is 0.356 e. The van der Waals surface area contributed by atoms with E-state index in [4.69, 9.17) is 9.84 Å². The molecule has 0 aliphatic rings. The number of methoxy groups -OCH3 is 1. The van der Waals surface area contributed by atoms with E-state index in [0.29, 0.717) is 39.9 Å². The van der Waals surface area contributed by atoms with Crippen molar-refractivity contribution in [1.82, 2.24) is 14.5 Å². The number of benzene rings is 2. The summed E-state index contributed by atoms with van der Waals surface area (Å²) in [6, 6.07) is 11.5. The van der Waals surface area contributed by atoms with E-state index >= 15 is 0 Å². The molecule has 184 valence electrons. The first kappa shape index (κ1) is 24.6. The van der Waals surface area contributed by atoms with Crippen molar-refractivity contribution in [2.75, 3.05) is 17.7 Å². The molecule has 0 bridgehead atoms. The number of anilines is 2. The van der Waals surface area contributed by atoms with E-state index in [1.54, 1.807) is 60.3 Å². The van der Waals surface area contributed by atoms with Crippen LogP contribution >= 0.6 is 11.3 Å². The summed E-state index contributed by atoms with van der Waals surface area (Å²) in [6.45, 7) is 1.86. The van der Waals surface area contributed by atoms with Gasteiger partial charge in [0.2, 0.25) is 0 Å². The largest absolute Gasteiger partial charge is 0.496 e. The second-order valence-corrected chi connectivity index (χ2v) is 9.04. The second-order valence-electron chi connectivity index (χ2n) is 7.92. The number of para-hydroxylation sites is 1. The van der Waals surface area contributed by atoms with Crippen LogP contribution in [0, 0.1) is 6.92 Å². The number of thiazole rings is 1. The van der Waals surface area contributed by atoms with Gasteiger partial charge >= 0.3 is 12.0 Å². The number of hydrogen-bond donors (Lipinski definition) is 3. The standard InChI is InChI=1S/C25H23N5O5S/c1-14-8-9-18(17(10-14)22(31)16-6-4-5-7-20(16)35-3)28-24(34)29-25-26-12-15(36-25)11-21-27-19(23(32)33)13-30(21)2/h4-10,12-13H,11H2,1-3H3,(H,32,33)(H2,26,28,29,34). The van der Waals surface area contributed by atoms with Gasteiger partial charge in [-0.15, -0.1) is 11.3 Å². The van der Waals surface area contributed by atoms with Gasteiger partial charge in [-0.2, -0.15) is 0 Å². The van der Waals surface area contributed by atoms with Gasteiger partial charge in [-0.25, -0.2) is 19.6 Å². The Bertz CT molecular complexity index is 1460. The molecule has 0 fully saturated rings. The number of rotatable bonds is 8. The van der Waals surface area contributed by atoms with Crippen LogP contribution in [0.3, 0.4) is 0 Å². The Hall–Kier alpha value is -4.51. The molecular weight excluding hydrogens is 482 g/mol. The molecule has 0 atom stereocenters. The van der Waals surface area contributed by atoms with Gasteiger partial charge in [0.15, 0.2) is 16.6 Å². The van der Waals surface area contributed by atoms with E-state index in [1.807, 2.05) is 6.92 Å². The van der Waals surface area contributed by atoms with Crippen LogP contribution in [0.5, 0.6) is 5.75 Å². The van der Waals surface area contributed by atoms with Crippen molar-refractivity contribution in [3.63, 3.8) is 0 Å². The number of aryl methyl sites for hydroxylation is 2. The zero-order valence-corrected chi connectivity index (χ0v) is 20.5. The van der Waals surface area contributed by atoms with Crippen LogP contribution in [0.2, 0.25) is 0 Å². The van der Waals surface area contributed by atoms with Crippen molar-refractivity contribution in [3.8, 4) is 5.75 Å². The maximum absolute atomic E-state index is 13.3. The molecule has 0 spiro atoms. The number of carbonyl (C=O) groups is 3. The van der Waals surface area contributed by atoms with Crippen LogP contribution < -0.4 is 15.4 Å². The lowest BCUT2D eigenvalue weighted by Gasteiger charge is -2.13. The highest BCUT2D eigenvalue weighted by atomic mass is 32.1. The number of hydrogen-bond acceptors (Lipinski definition) is 7. The number of carboxylic acid groups (broad SMARTS) is 1. The molecule has 0 radical (unpaired) electrons. The number of imidazole rings is 1. The molecule has 2 amide bonds. The highest BCUT2D eigenvalue weighted by Crippen LogP contribution is 2.27. The minimum atomic E-state index is -1.10. The number of nitrogens with zero attached hydrogens (tertiary/aromatic N) is 3. The summed E-state index contributed by atoms with van der Waals surface area (Å²) in [7, 11) is 3.21. The molecule has 2 heterocycles. The summed E-state index contributed by atoms with van der Waals surface area (Å²) in [5.74, 6) is -0.372. The number of nitrogens with one attached hydrogen (secondary N) is 2. The fraction of sp³-hybridized carbons (Fsp3) is 0.160. The van der Waals surface area contributed by atoms with E-state index < -0.39 is 12.0 Å². The number of ketones is 1. The third kappa shape index (κ3) is 5.41. The fourth-order valence-electron chi connectivity index (χ4n) is 3.56. The Morgan fingerprint density at radius 2 is 1.89 bits per heavy atom. The van der Waals surface area contributed by atoms with Gasteiger partial charge in [0.1, 0.15) is 11.6 Å². The Morgan fingerprint density at radius 3 is 2.61 bits per heavy atom. The molecular formula is C25H23N5O5S. The summed E-state index contributed by atoms with van der Waals surface area (Å²) in [4.78, 5) is 46.2. The third-order valence-electron chi connectivity index (χ3n) is 5.32. The topological polar surface area (TPSA) is 135 Å². The summed E-state index contributed by atoms with van der Waals surface area (Å²) < 4.78 is 6.96. The molecule has 3 N–H and O–H groups in total. The maximum atomic E-state index is 13.3. The van der Waals surface area contributed by atoms with E-state index in [1.165, 1.54) is 24.6 Å². The SMILES string of the molecule is COc1ccccc1C(=O)c1cc(C)ccc1NC(=O)Nc1ncc(Cc2nc(C(=O)O)cn2C)s1. The lowest BCUT2D eigenvalue weighted by atomic mass is 9.99. The summed E-state index contributed by atoms with van der Waals surface area (Å²) in [5.41, 5.74) is 1.90. The Morgan fingerprint density at radius 1 is 1.11 bits per heavy atom. The van der Waals surface area contributed by atoms with Crippen LogP contribution in [0.15, 0.2) is 54.9 Å². The van der Waals surface area contributed by atoms with Gasteiger partial charge in [0, 0.05) is 36.3 Å². The number of urea groups is 1. The lowest BCUT2D eigenvalue weighted by molar-refractivity contribution is 0.0690. The number of aromatic carboxylic acids is 1. The zero-order chi connectivity index (χ0) is 25.8. The summed E-state index contributed by atoms with van der Waals surface area (Å²) in [6.07, 6.45) is 3.40. The first-order valence-corrected chi connectivity index (χ1v) is 11.6. The zero-order valence-electron chi connectivity index (χ0n) is 19.7. The average molecular weight is 506 g/mol. The first-order valence-electron chi connectivity index (χ1n) is 10.8. The predicted molar refractivity (Wildman–Crippen MR) is 135 cm³/mol. The molecule has 4 aromatic rings. The molecule has 0 aliphatic heterocycles. The van der Waals surface area contributed by atoms with Crippen molar-refractivity contribution in [2.45, 2.75) is 13.3 Å². The van der Waals surface area contributed by atoms with Gasteiger partial charge in [-0.05, 0) is 31.2 Å². The van der Waals surface area contributed by atoms with E-state index in [2.05, 4.69) is 20.6 Å². The van der Waals surface area contributed by atoms with Crippen molar-refractivity contribution in [1.29, 1.82) is 0 Å². The molecule has 0 saturated carbocycles. The number of carboxylic acids is 1.